The van der Waals surface area contributed by atoms with E-state index in [0.29, 0.717) is 5.57 Å². The Balaban J connectivity index is 3.81. The highest BCUT2D eigenvalue weighted by atomic mass is 16.5. The topological polar surface area (TPSA) is 46.5 Å². The first-order chi connectivity index (χ1) is 6.54. The molecule has 0 unspecified atom stereocenters. The molecule has 1 atom stereocenters. The van der Waals surface area contributed by atoms with E-state index in [4.69, 9.17) is 5.11 Å². The summed E-state index contributed by atoms with van der Waals surface area (Å²) >= 11 is 0. The molecular weight excluding hydrogens is 180 g/mol. The minimum absolute atomic E-state index is 0.213. The van der Waals surface area contributed by atoms with E-state index < -0.39 is 6.10 Å². The number of carbonyl (C=O) groups is 1. The van der Waals surface area contributed by atoms with Crippen molar-refractivity contribution in [1.82, 2.24) is 0 Å². The zero-order valence-electron chi connectivity index (χ0n) is 8.41. The Morgan fingerprint density at radius 2 is 2.36 bits per heavy atom. The van der Waals surface area contributed by atoms with Crippen molar-refractivity contribution in [3.05, 3.63) is 24.3 Å². The molecule has 0 saturated carbocycles. The Morgan fingerprint density at radius 1 is 1.71 bits per heavy atom. The molecule has 0 aromatic heterocycles. The molecule has 0 bridgehead atoms. The summed E-state index contributed by atoms with van der Waals surface area (Å²) in [6.07, 6.45) is 2.55. The van der Waals surface area contributed by atoms with Gasteiger partial charge >= 0.3 is 5.97 Å². The van der Waals surface area contributed by atoms with Gasteiger partial charge in [-0.15, -0.1) is 0 Å². The molecule has 0 heterocycles. The van der Waals surface area contributed by atoms with E-state index in [1.54, 1.807) is 19.1 Å². The van der Waals surface area contributed by atoms with E-state index in [-0.39, 0.29) is 12.6 Å². The molecule has 0 aromatic carbocycles. The minimum Gasteiger partial charge on any atom is -0.462 e. The van der Waals surface area contributed by atoms with Crippen LogP contribution in [0.5, 0.6) is 0 Å². The zero-order chi connectivity index (χ0) is 11.0. The van der Waals surface area contributed by atoms with Crippen molar-refractivity contribution in [2.45, 2.75) is 20.0 Å². The van der Waals surface area contributed by atoms with Crippen LogP contribution in [0.2, 0.25) is 0 Å². The molecule has 76 valence electrons. The van der Waals surface area contributed by atoms with Gasteiger partial charge in [0.05, 0.1) is 6.10 Å². The fourth-order valence-electron chi connectivity index (χ4n) is 0.511. The van der Waals surface area contributed by atoms with E-state index >= 15 is 0 Å². The molecule has 0 amide bonds. The van der Waals surface area contributed by atoms with Crippen LogP contribution in [0.3, 0.4) is 0 Å². The molecule has 0 radical (unpaired) electrons. The van der Waals surface area contributed by atoms with Gasteiger partial charge in [0, 0.05) is 12.5 Å². The summed E-state index contributed by atoms with van der Waals surface area (Å²) in [5.74, 6) is 4.98. The quantitative estimate of drug-likeness (QED) is 0.539. The Morgan fingerprint density at radius 3 is 2.86 bits per heavy atom. The molecule has 3 nitrogen and oxygen atoms in total. The highest BCUT2D eigenvalue weighted by molar-refractivity contribution is 5.66. The number of allylic oxidation sites excluding steroid dienone is 1. The highest BCUT2D eigenvalue weighted by Crippen LogP contribution is 1.94. The number of aliphatic hydroxyl groups is 1. The van der Waals surface area contributed by atoms with Crippen LogP contribution < -0.4 is 0 Å². The monoisotopic (exact) mass is 194 g/mol. The second-order valence-electron chi connectivity index (χ2n) is 2.68. The number of aliphatic hydroxyl groups excluding tert-OH is 1. The molecule has 0 saturated heterocycles. The maximum absolute atomic E-state index is 10.3. The second-order valence-corrected chi connectivity index (χ2v) is 2.68. The first-order valence-electron chi connectivity index (χ1n) is 4.20. The lowest BCUT2D eigenvalue weighted by Gasteiger charge is -1.97. The van der Waals surface area contributed by atoms with Gasteiger partial charge < -0.3 is 9.84 Å². The molecule has 14 heavy (non-hydrogen) atoms. The normalized spacial score (nSPS) is 11.6. The lowest BCUT2D eigenvalue weighted by atomic mass is 10.2. The fourth-order valence-corrected chi connectivity index (χ4v) is 0.511. The van der Waals surface area contributed by atoms with E-state index in [1.807, 2.05) is 0 Å². The van der Waals surface area contributed by atoms with Gasteiger partial charge in [0.25, 0.3) is 0 Å². The van der Waals surface area contributed by atoms with Crippen molar-refractivity contribution in [3.63, 3.8) is 0 Å². The van der Waals surface area contributed by atoms with Crippen LogP contribution in [0.4, 0.5) is 0 Å². The molecule has 0 aliphatic heterocycles. The maximum Gasteiger partial charge on any atom is 0.302 e. The lowest BCUT2D eigenvalue weighted by Crippen LogP contribution is -2.00. The summed E-state index contributed by atoms with van der Waals surface area (Å²) in [6, 6.07) is 0. The molecule has 0 fully saturated rings. The Labute approximate surface area is 84.1 Å². The standard InChI is InChI=1S/C11H14O3/c1-9(10(2)12)7-5-4-6-8-14-11(3)13/h4,6,10,12H,1,8H2,2-3H3/b6-4+/t10-/m1/s1. The lowest BCUT2D eigenvalue weighted by molar-refractivity contribution is -0.139. The molecular formula is C11H14O3. The van der Waals surface area contributed by atoms with Gasteiger partial charge in [0.15, 0.2) is 0 Å². The number of hydrogen-bond donors (Lipinski definition) is 1. The van der Waals surface area contributed by atoms with Crippen molar-refractivity contribution in [2.75, 3.05) is 6.61 Å². The van der Waals surface area contributed by atoms with Crippen LogP contribution in [0.25, 0.3) is 0 Å². The number of ether oxygens (including phenoxy) is 1. The van der Waals surface area contributed by atoms with Crippen molar-refractivity contribution < 1.29 is 14.6 Å². The predicted molar refractivity (Wildman–Crippen MR) is 54.4 cm³/mol. The van der Waals surface area contributed by atoms with E-state index in [9.17, 15) is 4.79 Å². The number of hydrogen-bond acceptors (Lipinski definition) is 3. The largest absolute Gasteiger partial charge is 0.462 e. The molecule has 1 N–H and O–H groups in total. The fraction of sp³-hybridized carbons (Fsp3) is 0.364. The van der Waals surface area contributed by atoms with E-state index in [1.165, 1.54) is 6.92 Å². The van der Waals surface area contributed by atoms with Crippen molar-refractivity contribution >= 4 is 5.97 Å². The van der Waals surface area contributed by atoms with Crippen LogP contribution in [0, 0.1) is 11.8 Å². The van der Waals surface area contributed by atoms with Crippen LogP contribution in [0.15, 0.2) is 24.3 Å². The summed E-state index contributed by atoms with van der Waals surface area (Å²) < 4.78 is 4.63. The van der Waals surface area contributed by atoms with E-state index in [2.05, 4.69) is 23.2 Å². The third kappa shape index (κ3) is 7.14. The van der Waals surface area contributed by atoms with E-state index in [0.717, 1.165) is 0 Å². The minimum atomic E-state index is -0.621. The summed E-state index contributed by atoms with van der Waals surface area (Å²) in [5.41, 5.74) is 0.460. The summed E-state index contributed by atoms with van der Waals surface area (Å²) in [6.45, 7) is 6.71. The molecule has 0 aliphatic carbocycles. The summed E-state index contributed by atoms with van der Waals surface area (Å²) in [4.78, 5) is 10.3. The number of rotatable bonds is 3. The molecule has 0 aromatic rings. The van der Waals surface area contributed by atoms with Gasteiger partial charge in [-0.25, -0.2) is 0 Å². The van der Waals surface area contributed by atoms with Gasteiger partial charge in [-0.1, -0.05) is 18.4 Å². The average molecular weight is 194 g/mol. The molecule has 0 spiro atoms. The molecule has 3 heteroatoms. The first-order valence-corrected chi connectivity index (χ1v) is 4.20. The van der Waals surface area contributed by atoms with Crippen LogP contribution >= 0.6 is 0 Å². The van der Waals surface area contributed by atoms with Crippen LogP contribution in [0.1, 0.15) is 13.8 Å². The third-order valence-electron chi connectivity index (χ3n) is 1.32. The van der Waals surface area contributed by atoms with Gasteiger partial charge in [0.1, 0.15) is 6.61 Å². The first kappa shape index (κ1) is 12.5. The average Bonchev–Trinajstić information content (AvgIpc) is 2.09. The van der Waals surface area contributed by atoms with Crippen LogP contribution in [-0.4, -0.2) is 23.8 Å². The Kier molecular flexibility index (Phi) is 6.17. The third-order valence-corrected chi connectivity index (χ3v) is 1.32. The smallest absolute Gasteiger partial charge is 0.302 e. The number of carbonyl (C=O) groups excluding carboxylic acids is 1. The van der Waals surface area contributed by atoms with Crippen molar-refractivity contribution in [3.8, 4) is 11.8 Å². The SMILES string of the molecule is C=C(C#C/C=C/COC(C)=O)[C@@H](C)O. The Hall–Kier alpha value is -1.53. The summed E-state index contributed by atoms with van der Waals surface area (Å²) in [5, 5.41) is 9.00. The predicted octanol–water partition coefficient (Wildman–Crippen LogP) is 1.05. The van der Waals surface area contributed by atoms with Crippen molar-refractivity contribution in [2.24, 2.45) is 0 Å². The molecule has 0 rings (SSSR count). The van der Waals surface area contributed by atoms with Crippen molar-refractivity contribution in [1.29, 1.82) is 0 Å². The maximum atomic E-state index is 10.3. The summed E-state index contributed by atoms with van der Waals surface area (Å²) in [7, 11) is 0. The second kappa shape index (κ2) is 6.93. The van der Waals surface area contributed by atoms with Crippen LogP contribution in [-0.2, 0) is 9.53 Å². The van der Waals surface area contributed by atoms with Gasteiger partial charge in [-0.2, -0.15) is 0 Å². The zero-order valence-corrected chi connectivity index (χ0v) is 8.41. The molecule has 0 aliphatic rings. The van der Waals surface area contributed by atoms with Gasteiger partial charge in [0.2, 0.25) is 0 Å². The Bertz CT molecular complexity index is 289. The van der Waals surface area contributed by atoms with Gasteiger partial charge in [-0.05, 0) is 19.1 Å². The number of esters is 1. The van der Waals surface area contributed by atoms with Gasteiger partial charge in [-0.3, -0.25) is 4.79 Å². The highest BCUT2D eigenvalue weighted by Gasteiger charge is 1.94.